The molecule has 11 heteroatoms. The van der Waals surface area contributed by atoms with E-state index in [1.807, 2.05) is 4.90 Å². The summed E-state index contributed by atoms with van der Waals surface area (Å²) in [4.78, 5) is 28.8. The van der Waals surface area contributed by atoms with Crippen molar-refractivity contribution in [2.45, 2.75) is 19.3 Å². The van der Waals surface area contributed by atoms with Crippen LogP contribution in [0.5, 0.6) is 0 Å². The lowest BCUT2D eigenvalue weighted by Gasteiger charge is -2.36. The second kappa shape index (κ2) is 9.46. The number of carbonyl (C=O) groups excluding carboxylic acids is 1. The zero-order valence-corrected chi connectivity index (χ0v) is 18.5. The van der Waals surface area contributed by atoms with Gasteiger partial charge in [-0.2, -0.15) is 0 Å². The predicted octanol–water partition coefficient (Wildman–Crippen LogP) is 4.62. The van der Waals surface area contributed by atoms with Crippen molar-refractivity contribution < 1.29 is 22.9 Å². The molecular formula is C22H22ClF3N4O3. The fourth-order valence-electron chi connectivity index (χ4n) is 4.32. The standard InChI is InChI=1S/C22H22ClF3N4O3/c23-15-11-17(25)16(24)10-14(15)22(31)29-8-6-28(7-9-29)20-13-19(27-4-2-1-3-5-27)18(26)12-21(20)30(32)33/h10-13H,1-9H2. The van der Waals surface area contributed by atoms with Crippen LogP contribution in [0, 0.1) is 27.6 Å². The van der Waals surface area contributed by atoms with Crippen LogP contribution in [-0.2, 0) is 0 Å². The molecule has 0 bridgehead atoms. The summed E-state index contributed by atoms with van der Waals surface area (Å²) in [6, 6.07) is 3.99. The number of halogens is 4. The van der Waals surface area contributed by atoms with Crippen molar-refractivity contribution in [1.82, 2.24) is 4.90 Å². The monoisotopic (exact) mass is 482 g/mol. The van der Waals surface area contributed by atoms with Crippen molar-refractivity contribution in [3.8, 4) is 0 Å². The highest BCUT2D eigenvalue weighted by molar-refractivity contribution is 6.33. The number of amides is 1. The summed E-state index contributed by atoms with van der Waals surface area (Å²) >= 11 is 5.92. The molecule has 0 aliphatic carbocycles. The van der Waals surface area contributed by atoms with E-state index >= 15 is 0 Å². The van der Waals surface area contributed by atoms with Gasteiger partial charge in [0.2, 0.25) is 0 Å². The largest absolute Gasteiger partial charge is 0.369 e. The Labute approximate surface area is 193 Å². The van der Waals surface area contributed by atoms with E-state index in [1.165, 1.54) is 11.0 Å². The number of anilines is 2. The van der Waals surface area contributed by atoms with E-state index in [0.717, 1.165) is 37.5 Å². The molecule has 2 aliphatic rings. The number of rotatable bonds is 4. The third kappa shape index (κ3) is 4.71. The third-order valence-electron chi connectivity index (χ3n) is 6.09. The number of nitro benzene ring substituents is 1. The van der Waals surface area contributed by atoms with Gasteiger partial charge < -0.3 is 14.7 Å². The minimum absolute atomic E-state index is 0.149. The van der Waals surface area contributed by atoms with Crippen molar-refractivity contribution in [2.75, 3.05) is 49.1 Å². The van der Waals surface area contributed by atoms with Crippen molar-refractivity contribution >= 4 is 34.6 Å². The van der Waals surface area contributed by atoms with Crippen molar-refractivity contribution in [3.05, 3.63) is 62.4 Å². The zero-order valence-electron chi connectivity index (χ0n) is 17.7. The van der Waals surface area contributed by atoms with Crippen LogP contribution in [0.4, 0.5) is 30.2 Å². The normalized spacial score (nSPS) is 16.8. The smallest absolute Gasteiger partial charge is 0.295 e. The van der Waals surface area contributed by atoms with Gasteiger partial charge in [-0.1, -0.05) is 11.6 Å². The number of nitrogens with zero attached hydrogens (tertiary/aromatic N) is 4. The summed E-state index contributed by atoms with van der Waals surface area (Å²) in [6.45, 7) is 2.23. The van der Waals surface area contributed by atoms with Crippen LogP contribution in [0.15, 0.2) is 24.3 Å². The van der Waals surface area contributed by atoms with E-state index in [2.05, 4.69) is 0 Å². The van der Waals surface area contributed by atoms with E-state index in [1.54, 1.807) is 4.90 Å². The minimum atomic E-state index is -1.17. The maximum absolute atomic E-state index is 14.7. The number of benzene rings is 2. The molecule has 2 saturated heterocycles. The first-order valence-electron chi connectivity index (χ1n) is 10.7. The van der Waals surface area contributed by atoms with E-state index < -0.39 is 28.3 Å². The van der Waals surface area contributed by atoms with Gasteiger partial charge in [-0.3, -0.25) is 14.9 Å². The van der Waals surface area contributed by atoms with Gasteiger partial charge in [0.1, 0.15) is 5.69 Å². The van der Waals surface area contributed by atoms with E-state index in [9.17, 15) is 28.1 Å². The highest BCUT2D eigenvalue weighted by atomic mass is 35.5. The quantitative estimate of drug-likeness (QED) is 0.361. The fraction of sp³-hybridized carbons (Fsp3) is 0.409. The SMILES string of the molecule is O=C(c1cc(F)c(F)cc1Cl)N1CCN(c2cc(N3CCCCC3)c(F)cc2[N+](=O)[O-])CC1. The summed E-state index contributed by atoms with van der Waals surface area (Å²) < 4.78 is 41.6. The van der Waals surface area contributed by atoms with Crippen LogP contribution in [-0.4, -0.2) is 55.0 Å². The summed E-state index contributed by atoms with van der Waals surface area (Å²) in [5, 5.41) is 11.4. The number of piperidine rings is 1. The van der Waals surface area contributed by atoms with Gasteiger partial charge in [0.25, 0.3) is 11.6 Å². The summed E-state index contributed by atoms with van der Waals surface area (Å²) in [6.07, 6.45) is 2.92. The Morgan fingerprint density at radius 1 is 0.818 bits per heavy atom. The maximum Gasteiger partial charge on any atom is 0.295 e. The first-order valence-corrected chi connectivity index (χ1v) is 11.1. The molecule has 0 spiro atoms. The van der Waals surface area contributed by atoms with Crippen LogP contribution in [0.1, 0.15) is 29.6 Å². The maximum atomic E-state index is 14.7. The summed E-state index contributed by atoms with van der Waals surface area (Å²) in [5.41, 5.74) is 0.142. The fourth-order valence-corrected chi connectivity index (χ4v) is 4.56. The molecule has 2 fully saturated rings. The van der Waals surface area contributed by atoms with Gasteiger partial charge in [-0.15, -0.1) is 0 Å². The minimum Gasteiger partial charge on any atom is -0.369 e. The molecule has 33 heavy (non-hydrogen) atoms. The first-order chi connectivity index (χ1) is 15.8. The van der Waals surface area contributed by atoms with Crippen LogP contribution in [0.2, 0.25) is 5.02 Å². The Kier molecular flexibility index (Phi) is 6.64. The Morgan fingerprint density at radius 3 is 2.06 bits per heavy atom. The lowest BCUT2D eigenvalue weighted by Crippen LogP contribution is -2.49. The second-order valence-corrected chi connectivity index (χ2v) is 8.53. The van der Waals surface area contributed by atoms with Gasteiger partial charge in [0, 0.05) is 39.3 Å². The highest BCUT2D eigenvalue weighted by Gasteiger charge is 2.30. The average Bonchev–Trinajstić information content (AvgIpc) is 2.81. The zero-order chi connectivity index (χ0) is 23.7. The Bertz CT molecular complexity index is 1090. The van der Waals surface area contributed by atoms with E-state index in [0.29, 0.717) is 24.5 Å². The van der Waals surface area contributed by atoms with Gasteiger partial charge in [0.05, 0.1) is 27.3 Å². The van der Waals surface area contributed by atoms with Crippen LogP contribution >= 0.6 is 11.6 Å². The Morgan fingerprint density at radius 2 is 1.42 bits per heavy atom. The van der Waals surface area contributed by atoms with Gasteiger partial charge >= 0.3 is 0 Å². The third-order valence-corrected chi connectivity index (χ3v) is 6.40. The molecular weight excluding hydrogens is 461 g/mol. The molecule has 2 aromatic carbocycles. The Balaban J connectivity index is 1.55. The number of piperazine rings is 1. The van der Waals surface area contributed by atoms with Crippen LogP contribution in [0.25, 0.3) is 0 Å². The summed E-state index contributed by atoms with van der Waals surface area (Å²) in [7, 11) is 0. The van der Waals surface area contributed by atoms with Gasteiger partial charge in [-0.05, 0) is 37.5 Å². The molecule has 2 aliphatic heterocycles. The van der Waals surface area contributed by atoms with E-state index in [-0.39, 0.29) is 42.5 Å². The lowest BCUT2D eigenvalue weighted by molar-refractivity contribution is -0.384. The van der Waals surface area contributed by atoms with Gasteiger partial charge in [-0.25, -0.2) is 13.2 Å². The molecule has 7 nitrogen and oxygen atoms in total. The first kappa shape index (κ1) is 23.2. The molecule has 0 unspecified atom stereocenters. The molecule has 0 atom stereocenters. The molecule has 176 valence electrons. The molecule has 0 saturated carbocycles. The average molecular weight is 483 g/mol. The van der Waals surface area contributed by atoms with E-state index in [4.69, 9.17) is 11.6 Å². The summed E-state index contributed by atoms with van der Waals surface area (Å²) in [5.74, 6) is -3.50. The number of hydrogen-bond acceptors (Lipinski definition) is 5. The second-order valence-electron chi connectivity index (χ2n) is 8.12. The number of carbonyl (C=O) groups is 1. The topological polar surface area (TPSA) is 69.9 Å². The predicted molar refractivity (Wildman–Crippen MR) is 119 cm³/mol. The molecule has 2 aromatic rings. The molecule has 1 amide bonds. The van der Waals surface area contributed by atoms with Crippen LogP contribution in [0.3, 0.4) is 0 Å². The van der Waals surface area contributed by atoms with Crippen molar-refractivity contribution in [1.29, 1.82) is 0 Å². The van der Waals surface area contributed by atoms with Crippen molar-refractivity contribution in [2.24, 2.45) is 0 Å². The molecule has 2 heterocycles. The molecule has 0 radical (unpaired) electrons. The van der Waals surface area contributed by atoms with Gasteiger partial charge in [0.15, 0.2) is 17.5 Å². The number of nitro groups is 1. The van der Waals surface area contributed by atoms with Crippen LogP contribution < -0.4 is 9.80 Å². The Hall–Kier alpha value is -3.01. The molecule has 4 rings (SSSR count). The highest BCUT2D eigenvalue weighted by Crippen LogP contribution is 2.36. The molecule has 0 aromatic heterocycles. The number of hydrogen-bond donors (Lipinski definition) is 0. The molecule has 0 N–H and O–H groups in total. The lowest BCUT2D eigenvalue weighted by atomic mass is 10.1. The van der Waals surface area contributed by atoms with Crippen molar-refractivity contribution in [3.63, 3.8) is 0 Å².